The van der Waals surface area contributed by atoms with Crippen LogP contribution in [0.2, 0.25) is 0 Å². The van der Waals surface area contributed by atoms with Crippen LogP contribution in [0.3, 0.4) is 0 Å². The first-order valence-corrected chi connectivity index (χ1v) is 11.5. The molecular formula is C26H19N5O3S. The van der Waals surface area contributed by atoms with E-state index in [0.29, 0.717) is 38.0 Å². The Morgan fingerprint density at radius 1 is 0.771 bits per heavy atom. The van der Waals surface area contributed by atoms with Gasteiger partial charge in [-0.15, -0.1) is 11.3 Å². The maximum atomic E-state index is 13.4. The van der Waals surface area contributed by atoms with Crippen LogP contribution in [0.5, 0.6) is 0 Å². The number of aromatic carboxylic acids is 1. The predicted octanol–water partition coefficient (Wildman–Crippen LogP) is 6.13. The van der Waals surface area contributed by atoms with Gasteiger partial charge in [-0.2, -0.15) is 0 Å². The molecule has 0 radical (unpaired) electrons. The third-order valence-electron chi connectivity index (χ3n) is 5.17. The molecule has 0 bridgehead atoms. The highest BCUT2D eigenvalue weighted by Crippen LogP contribution is 2.40. The monoisotopic (exact) mass is 481 g/mol. The van der Waals surface area contributed by atoms with Gasteiger partial charge in [0.1, 0.15) is 22.4 Å². The van der Waals surface area contributed by atoms with Gasteiger partial charge in [-0.3, -0.25) is 4.79 Å². The molecule has 35 heavy (non-hydrogen) atoms. The fourth-order valence-electron chi connectivity index (χ4n) is 3.57. The second-order valence-electron chi connectivity index (χ2n) is 7.49. The summed E-state index contributed by atoms with van der Waals surface area (Å²) in [7, 11) is 0. The Labute approximate surface area is 204 Å². The quantitative estimate of drug-likeness (QED) is 0.221. The molecule has 5 rings (SSSR count). The Bertz CT molecular complexity index is 1520. The molecule has 1 amide bonds. The van der Waals surface area contributed by atoms with Gasteiger partial charge in [0, 0.05) is 11.4 Å². The maximum Gasteiger partial charge on any atom is 0.337 e. The number of benzene rings is 3. The van der Waals surface area contributed by atoms with E-state index >= 15 is 0 Å². The van der Waals surface area contributed by atoms with Crippen LogP contribution in [0.1, 0.15) is 20.7 Å². The van der Waals surface area contributed by atoms with Crippen LogP contribution in [0.25, 0.3) is 10.2 Å². The van der Waals surface area contributed by atoms with Gasteiger partial charge in [0.25, 0.3) is 5.91 Å². The number of anilines is 5. The summed E-state index contributed by atoms with van der Waals surface area (Å²) in [5.74, 6) is -0.973. The first-order chi connectivity index (χ1) is 17.1. The average Bonchev–Trinajstić information content (AvgIpc) is 3.24. The zero-order valence-corrected chi connectivity index (χ0v) is 19.0. The predicted molar refractivity (Wildman–Crippen MR) is 138 cm³/mol. The second-order valence-corrected chi connectivity index (χ2v) is 8.51. The van der Waals surface area contributed by atoms with Crippen LogP contribution >= 0.6 is 11.3 Å². The highest BCUT2D eigenvalue weighted by Gasteiger charge is 2.24. The first-order valence-electron chi connectivity index (χ1n) is 10.7. The summed E-state index contributed by atoms with van der Waals surface area (Å²) in [5, 5.41) is 19.5. The molecule has 9 heteroatoms. The molecule has 3 aromatic carbocycles. The van der Waals surface area contributed by atoms with Crippen molar-refractivity contribution < 1.29 is 14.7 Å². The number of rotatable bonds is 7. The number of carboxylic acids is 1. The van der Waals surface area contributed by atoms with E-state index < -0.39 is 5.97 Å². The zero-order valence-electron chi connectivity index (χ0n) is 18.2. The van der Waals surface area contributed by atoms with Crippen molar-refractivity contribution in [1.29, 1.82) is 0 Å². The maximum absolute atomic E-state index is 13.4. The van der Waals surface area contributed by atoms with Crippen molar-refractivity contribution in [2.24, 2.45) is 0 Å². The zero-order chi connectivity index (χ0) is 24.2. The van der Waals surface area contributed by atoms with Crippen molar-refractivity contribution in [2.75, 3.05) is 16.0 Å². The van der Waals surface area contributed by atoms with E-state index in [9.17, 15) is 14.7 Å². The third kappa shape index (κ3) is 4.66. The van der Waals surface area contributed by atoms with Crippen molar-refractivity contribution in [3.63, 3.8) is 0 Å². The van der Waals surface area contributed by atoms with E-state index in [0.717, 1.165) is 5.69 Å². The number of nitrogens with zero attached hydrogens (tertiary/aromatic N) is 2. The van der Waals surface area contributed by atoms with Gasteiger partial charge < -0.3 is 21.1 Å². The molecule has 0 aliphatic carbocycles. The molecule has 2 aromatic heterocycles. The number of fused-ring (bicyclic) bond motifs is 1. The van der Waals surface area contributed by atoms with Crippen molar-refractivity contribution in [1.82, 2.24) is 9.97 Å². The van der Waals surface area contributed by atoms with Gasteiger partial charge in [0.05, 0.1) is 16.0 Å². The molecule has 0 atom stereocenters. The minimum absolute atomic E-state index is 0.112. The Morgan fingerprint density at radius 3 is 2.14 bits per heavy atom. The summed E-state index contributed by atoms with van der Waals surface area (Å²) < 4.78 is 0.615. The van der Waals surface area contributed by atoms with E-state index in [1.807, 2.05) is 60.7 Å². The number of para-hydroxylation sites is 3. The van der Waals surface area contributed by atoms with E-state index in [-0.39, 0.29) is 11.5 Å². The molecule has 0 saturated heterocycles. The van der Waals surface area contributed by atoms with Crippen LogP contribution in [-0.2, 0) is 0 Å². The van der Waals surface area contributed by atoms with Crippen molar-refractivity contribution in [3.05, 3.63) is 102 Å². The summed E-state index contributed by atoms with van der Waals surface area (Å²) in [6, 6.07) is 25.2. The van der Waals surface area contributed by atoms with Crippen molar-refractivity contribution >= 4 is 61.3 Å². The SMILES string of the molecule is O=C(O)c1ccccc1Nc1ncnc2c(C(=O)Nc3ccccc3)c(Nc3ccccc3)sc12. The lowest BCUT2D eigenvalue weighted by atomic mass is 10.1. The fourth-order valence-corrected chi connectivity index (χ4v) is 4.69. The number of aromatic nitrogens is 2. The van der Waals surface area contributed by atoms with Gasteiger partial charge in [-0.1, -0.05) is 48.5 Å². The van der Waals surface area contributed by atoms with Crippen LogP contribution < -0.4 is 16.0 Å². The normalized spacial score (nSPS) is 10.6. The molecule has 5 aromatic rings. The van der Waals surface area contributed by atoms with Gasteiger partial charge in [-0.05, 0) is 36.4 Å². The molecule has 172 valence electrons. The number of carbonyl (C=O) groups is 2. The lowest BCUT2D eigenvalue weighted by Gasteiger charge is -2.09. The molecular weight excluding hydrogens is 462 g/mol. The topological polar surface area (TPSA) is 116 Å². The molecule has 0 saturated carbocycles. The van der Waals surface area contributed by atoms with E-state index in [1.165, 1.54) is 23.7 Å². The highest BCUT2D eigenvalue weighted by atomic mass is 32.1. The largest absolute Gasteiger partial charge is 0.478 e. The number of thiophene rings is 1. The van der Waals surface area contributed by atoms with Crippen LogP contribution in [-0.4, -0.2) is 27.0 Å². The summed E-state index contributed by atoms with van der Waals surface area (Å²) >= 11 is 1.31. The second kappa shape index (κ2) is 9.62. The van der Waals surface area contributed by atoms with Crippen molar-refractivity contribution in [2.45, 2.75) is 0 Å². The minimum Gasteiger partial charge on any atom is -0.478 e. The van der Waals surface area contributed by atoms with Crippen LogP contribution in [0.4, 0.5) is 27.9 Å². The van der Waals surface area contributed by atoms with E-state index in [4.69, 9.17) is 0 Å². The number of nitrogens with one attached hydrogen (secondary N) is 3. The summed E-state index contributed by atoms with van der Waals surface area (Å²) in [6.45, 7) is 0. The van der Waals surface area contributed by atoms with E-state index in [2.05, 4.69) is 25.9 Å². The van der Waals surface area contributed by atoms with E-state index in [1.54, 1.807) is 18.2 Å². The number of hydrogen-bond donors (Lipinski definition) is 4. The average molecular weight is 482 g/mol. The Morgan fingerprint density at radius 2 is 1.43 bits per heavy atom. The molecule has 4 N–H and O–H groups in total. The third-order valence-corrected chi connectivity index (χ3v) is 6.27. The van der Waals surface area contributed by atoms with Gasteiger partial charge in [0.2, 0.25) is 0 Å². The number of carbonyl (C=O) groups excluding carboxylic acids is 1. The first kappa shape index (κ1) is 22.1. The molecule has 0 aliphatic rings. The fraction of sp³-hybridized carbons (Fsp3) is 0. The standard InChI is InChI=1S/C26H19N5O3S/c32-24(29-16-9-3-1-4-10-16)20-21-22(35-25(20)30-17-11-5-2-6-12-17)23(28-15-27-21)31-19-14-8-7-13-18(19)26(33)34/h1-15,30H,(H,29,32)(H,33,34)(H,27,28,31). The Hall–Kier alpha value is -4.76. The highest BCUT2D eigenvalue weighted by molar-refractivity contribution is 7.24. The molecule has 0 aliphatic heterocycles. The Balaban J connectivity index is 1.61. The summed E-state index contributed by atoms with van der Waals surface area (Å²) in [6.07, 6.45) is 1.35. The summed E-state index contributed by atoms with van der Waals surface area (Å²) in [5.41, 5.74) is 2.79. The van der Waals surface area contributed by atoms with Crippen molar-refractivity contribution in [3.8, 4) is 0 Å². The van der Waals surface area contributed by atoms with Gasteiger partial charge in [0.15, 0.2) is 5.82 Å². The minimum atomic E-state index is -1.06. The molecule has 0 fully saturated rings. The lowest BCUT2D eigenvalue weighted by Crippen LogP contribution is -2.13. The van der Waals surface area contributed by atoms with Gasteiger partial charge >= 0.3 is 5.97 Å². The molecule has 0 spiro atoms. The molecule has 8 nitrogen and oxygen atoms in total. The van der Waals surface area contributed by atoms with Crippen LogP contribution in [0, 0.1) is 0 Å². The smallest absolute Gasteiger partial charge is 0.337 e. The Kier molecular flexibility index (Phi) is 6.06. The molecule has 0 unspecified atom stereocenters. The number of amides is 1. The number of hydrogen-bond acceptors (Lipinski definition) is 7. The lowest BCUT2D eigenvalue weighted by molar-refractivity contribution is 0.0697. The number of carboxylic acid groups (broad SMARTS) is 1. The molecule has 2 heterocycles. The van der Waals surface area contributed by atoms with Gasteiger partial charge in [-0.25, -0.2) is 14.8 Å². The summed E-state index contributed by atoms with van der Waals surface area (Å²) in [4.78, 5) is 33.8. The van der Waals surface area contributed by atoms with Crippen LogP contribution in [0.15, 0.2) is 91.3 Å².